The Kier molecular flexibility index (Phi) is 3.41. The van der Waals surface area contributed by atoms with Gasteiger partial charge in [-0.3, -0.25) is 9.69 Å². The van der Waals surface area contributed by atoms with E-state index in [9.17, 15) is 9.59 Å². The first-order valence-corrected chi connectivity index (χ1v) is 7.94. The van der Waals surface area contributed by atoms with E-state index < -0.39 is 11.6 Å². The fraction of sp³-hybridized carbons (Fsp3) is 0.353. The molecule has 2 aliphatic rings. The summed E-state index contributed by atoms with van der Waals surface area (Å²) in [5.74, 6) is 1.47. The lowest BCUT2D eigenvalue weighted by molar-refractivity contribution is -0.131. The number of amides is 3. The molecule has 0 spiro atoms. The van der Waals surface area contributed by atoms with Gasteiger partial charge in [0.15, 0.2) is 11.5 Å². The van der Waals surface area contributed by atoms with Crippen molar-refractivity contribution < 1.29 is 23.6 Å². The topological polar surface area (TPSA) is 93.9 Å². The summed E-state index contributed by atoms with van der Waals surface area (Å²) in [6.07, 6.45) is 0. The van der Waals surface area contributed by atoms with Crippen LogP contribution in [-0.4, -0.2) is 35.2 Å². The van der Waals surface area contributed by atoms with Gasteiger partial charge >= 0.3 is 6.03 Å². The van der Waals surface area contributed by atoms with Gasteiger partial charge in [-0.25, -0.2) is 4.79 Å². The van der Waals surface area contributed by atoms with Crippen molar-refractivity contribution in [2.75, 3.05) is 13.2 Å². The molecule has 1 fully saturated rings. The number of fused-ring (bicyclic) bond motifs is 1. The highest BCUT2D eigenvalue weighted by Crippen LogP contribution is 2.37. The van der Waals surface area contributed by atoms with Gasteiger partial charge in [0.25, 0.3) is 5.91 Å². The number of aromatic nitrogens is 1. The van der Waals surface area contributed by atoms with Crippen LogP contribution >= 0.6 is 0 Å². The van der Waals surface area contributed by atoms with Crippen molar-refractivity contribution in [1.82, 2.24) is 15.4 Å². The molecule has 4 rings (SSSR count). The van der Waals surface area contributed by atoms with Gasteiger partial charge in [0.2, 0.25) is 0 Å². The Morgan fingerprint density at radius 2 is 1.96 bits per heavy atom. The summed E-state index contributed by atoms with van der Waals surface area (Å²) in [6.45, 7) is 4.42. The van der Waals surface area contributed by atoms with E-state index >= 15 is 0 Å². The first kappa shape index (κ1) is 15.5. The molecule has 0 aliphatic carbocycles. The zero-order valence-corrected chi connectivity index (χ0v) is 13.9. The van der Waals surface area contributed by atoms with Gasteiger partial charge in [0.1, 0.15) is 30.2 Å². The highest BCUT2D eigenvalue weighted by Gasteiger charge is 2.49. The fourth-order valence-electron chi connectivity index (χ4n) is 3.05. The third-order valence-corrected chi connectivity index (χ3v) is 4.39. The molecule has 0 saturated carbocycles. The highest BCUT2D eigenvalue weighted by molar-refractivity contribution is 6.07. The predicted octanol–water partition coefficient (Wildman–Crippen LogP) is 1.72. The monoisotopic (exact) mass is 343 g/mol. The minimum absolute atomic E-state index is 0.0577. The van der Waals surface area contributed by atoms with Crippen molar-refractivity contribution >= 4 is 11.9 Å². The Morgan fingerprint density at radius 3 is 2.68 bits per heavy atom. The molecule has 130 valence electrons. The van der Waals surface area contributed by atoms with E-state index in [4.69, 9.17) is 14.0 Å². The standard InChI is InChI=1S/C17H17N3O5/c1-10-7-12(19-25-10)9-20-15(21)17(2,18-16(20)22)11-3-4-13-14(8-11)24-6-5-23-13/h3-4,7-8H,5-6,9H2,1-2H3,(H,18,22)/t17-/m0/s1. The number of rotatable bonds is 3. The number of imide groups is 1. The first-order valence-electron chi connectivity index (χ1n) is 7.94. The van der Waals surface area contributed by atoms with E-state index in [0.717, 1.165) is 4.90 Å². The van der Waals surface area contributed by atoms with E-state index in [1.807, 2.05) is 0 Å². The van der Waals surface area contributed by atoms with Crippen LogP contribution in [0.4, 0.5) is 4.79 Å². The Balaban J connectivity index is 1.63. The average Bonchev–Trinajstić information content (AvgIpc) is 3.11. The minimum Gasteiger partial charge on any atom is -0.486 e. The summed E-state index contributed by atoms with van der Waals surface area (Å²) in [4.78, 5) is 26.4. The molecule has 1 aromatic heterocycles. The summed E-state index contributed by atoms with van der Waals surface area (Å²) >= 11 is 0. The van der Waals surface area contributed by atoms with Crippen LogP contribution in [0, 0.1) is 6.92 Å². The van der Waals surface area contributed by atoms with Crippen molar-refractivity contribution in [1.29, 1.82) is 0 Å². The lowest BCUT2D eigenvalue weighted by Gasteiger charge is -2.25. The molecular weight excluding hydrogens is 326 g/mol. The van der Waals surface area contributed by atoms with Crippen LogP contribution < -0.4 is 14.8 Å². The van der Waals surface area contributed by atoms with Gasteiger partial charge in [-0.15, -0.1) is 0 Å². The smallest absolute Gasteiger partial charge is 0.325 e. The van der Waals surface area contributed by atoms with Crippen LogP contribution in [-0.2, 0) is 16.9 Å². The minimum atomic E-state index is -1.17. The molecular formula is C17H17N3O5. The average molecular weight is 343 g/mol. The number of hydrogen-bond acceptors (Lipinski definition) is 6. The molecule has 0 radical (unpaired) electrons. The Morgan fingerprint density at radius 1 is 1.20 bits per heavy atom. The number of nitrogens with one attached hydrogen (secondary N) is 1. The van der Waals surface area contributed by atoms with Crippen LogP contribution in [0.25, 0.3) is 0 Å². The third kappa shape index (κ3) is 2.50. The van der Waals surface area contributed by atoms with Gasteiger partial charge in [0.05, 0.1) is 6.54 Å². The number of hydrogen-bond donors (Lipinski definition) is 1. The number of carbonyl (C=O) groups excluding carboxylic acids is 2. The number of aryl methyl sites for hydroxylation is 1. The molecule has 0 unspecified atom stereocenters. The molecule has 2 aromatic rings. The lowest BCUT2D eigenvalue weighted by atomic mass is 9.91. The molecule has 1 saturated heterocycles. The van der Waals surface area contributed by atoms with Crippen LogP contribution in [0.1, 0.15) is 23.9 Å². The third-order valence-electron chi connectivity index (χ3n) is 4.39. The maximum Gasteiger partial charge on any atom is 0.325 e. The number of nitrogens with zero attached hydrogens (tertiary/aromatic N) is 2. The van der Waals surface area contributed by atoms with Crippen molar-refractivity contribution in [3.8, 4) is 11.5 Å². The van der Waals surface area contributed by atoms with E-state index in [1.54, 1.807) is 38.1 Å². The van der Waals surface area contributed by atoms with Crippen LogP contribution in [0.15, 0.2) is 28.8 Å². The SMILES string of the molecule is Cc1cc(CN2C(=O)N[C@@](C)(c3ccc4c(c3)OCCO4)C2=O)no1. The second-order valence-corrected chi connectivity index (χ2v) is 6.23. The lowest BCUT2D eigenvalue weighted by Crippen LogP contribution is -2.41. The molecule has 25 heavy (non-hydrogen) atoms. The molecule has 2 aliphatic heterocycles. The molecule has 1 N–H and O–H groups in total. The maximum atomic E-state index is 12.9. The zero-order chi connectivity index (χ0) is 17.6. The second kappa shape index (κ2) is 5.51. The fourth-order valence-corrected chi connectivity index (χ4v) is 3.05. The quantitative estimate of drug-likeness (QED) is 0.853. The Labute approximate surface area is 143 Å². The molecule has 1 aromatic carbocycles. The molecule has 8 nitrogen and oxygen atoms in total. The summed E-state index contributed by atoms with van der Waals surface area (Å²) in [7, 11) is 0. The largest absolute Gasteiger partial charge is 0.486 e. The van der Waals surface area contributed by atoms with Gasteiger partial charge in [-0.1, -0.05) is 11.2 Å². The molecule has 3 amide bonds. The summed E-state index contributed by atoms with van der Waals surface area (Å²) in [5, 5.41) is 6.60. The van der Waals surface area contributed by atoms with E-state index in [0.29, 0.717) is 41.7 Å². The van der Waals surface area contributed by atoms with Gasteiger partial charge in [-0.2, -0.15) is 0 Å². The summed E-state index contributed by atoms with van der Waals surface area (Å²) < 4.78 is 16.1. The van der Waals surface area contributed by atoms with E-state index in [2.05, 4.69) is 10.5 Å². The second-order valence-electron chi connectivity index (χ2n) is 6.23. The van der Waals surface area contributed by atoms with Crippen molar-refractivity contribution in [3.63, 3.8) is 0 Å². The number of benzene rings is 1. The summed E-state index contributed by atoms with van der Waals surface area (Å²) in [6, 6.07) is 6.47. The van der Waals surface area contributed by atoms with Gasteiger partial charge in [-0.05, 0) is 31.5 Å². The van der Waals surface area contributed by atoms with Crippen molar-refractivity contribution in [3.05, 3.63) is 41.3 Å². The maximum absolute atomic E-state index is 12.9. The van der Waals surface area contributed by atoms with Crippen LogP contribution in [0.5, 0.6) is 11.5 Å². The van der Waals surface area contributed by atoms with Gasteiger partial charge < -0.3 is 19.3 Å². The molecule has 1 atom stereocenters. The zero-order valence-electron chi connectivity index (χ0n) is 13.9. The number of urea groups is 1. The summed E-state index contributed by atoms with van der Waals surface area (Å²) in [5.41, 5.74) is -0.0209. The molecule has 3 heterocycles. The molecule has 8 heteroatoms. The number of carbonyl (C=O) groups is 2. The van der Waals surface area contributed by atoms with E-state index in [-0.39, 0.29) is 12.5 Å². The van der Waals surface area contributed by atoms with E-state index in [1.165, 1.54) is 0 Å². The normalized spacial score (nSPS) is 22.2. The van der Waals surface area contributed by atoms with Gasteiger partial charge in [0, 0.05) is 6.07 Å². The Bertz CT molecular complexity index is 862. The van der Waals surface area contributed by atoms with Crippen LogP contribution in [0.3, 0.4) is 0 Å². The Hall–Kier alpha value is -3.03. The highest BCUT2D eigenvalue weighted by atomic mass is 16.6. The van der Waals surface area contributed by atoms with Crippen molar-refractivity contribution in [2.45, 2.75) is 25.9 Å². The first-order chi connectivity index (χ1) is 12.0. The predicted molar refractivity (Wildman–Crippen MR) is 85.1 cm³/mol. The van der Waals surface area contributed by atoms with Crippen LogP contribution in [0.2, 0.25) is 0 Å². The number of ether oxygens (including phenoxy) is 2. The molecule has 0 bridgehead atoms. The van der Waals surface area contributed by atoms with Crippen molar-refractivity contribution in [2.24, 2.45) is 0 Å².